The molecule has 0 saturated carbocycles. The van der Waals surface area contributed by atoms with E-state index >= 15 is 0 Å². The smallest absolute Gasteiger partial charge is 0.230 e. The van der Waals surface area contributed by atoms with Crippen molar-refractivity contribution < 1.29 is 14.3 Å². The number of carbonyl (C=O) groups is 1. The number of benzene rings is 2. The van der Waals surface area contributed by atoms with Crippen LogP contribution in [0.5, 0.6) is 11.5 Å². The molecule has 0 saturated heterocycles. The van der Waals surface area contributed by atoms with E-state index in [0.717, 1.165) is 22.0 Å². The van der Waals surface area contributed by atoms with Crippen molar-refractivity contribution in [2.45, 2.75) is 32.2 Å². The molecule has 0 spiro atoms. The Bertz CT molecular complexity index is 1270. The van der Waals surface area contributed by atoms with Crippen LogP contribution in [0.3, 0.4) is 0 Å². The van der Waals surface area contributed by atoms with E-state index in [4.69, 9.17) is 9.47 Å². The predicted molar refractivity (Wildman–Crippen MR) is 137 cm³/mol. The topological polar surface area (TPSA) is 78.3 Å². The number of aryl methyl sites for hydroxylation is 2. The number of hydrogen-bond acceptors (Lipinski definition) is 6. The van der Waals surface area contributed by atoms with Crippen LogP contribution in [-0.4, -0.2) is 33.3 Å². The monoisotopic (exact) mass is 488 g/mol. The zero-order valence-electron chi connectivity index (χ0n) is 20.0. The van der Waals surface area contributed by atoms with E-state index in [-0.39, 0.29) is 11.7 Å². The average molecular weight is 489 g/mol. The number of rotatable bonds is 10. The Morgan fingerprint density at radius 1 is 0.971 bits per heavy atom. The number of amides is 1. The molecule has 2 heterocycles. The molecular weight excluding hydrogens is 460 g/mol. The molecule has 0 fully saturated rings. The molecule has 0 atom stereocenters. The Hall–Kier alpha value is -3.78. The van der Waals surface area contributed by atoms with Crippen molar-refractivity contribution in [3.8, 4) is 17.2 Å². The molecule has 2 aromatic carbocycles. The molecule has 0 aliphatic rings. The lowest BCUT2D eigenvalue weighted by Gasteiger charge is -2.13. The first-order chi connectivity index (χ1) is 17.0. The molecule has 35 heavy (non-hydrogen) atoms. The number of methoxy groups -OCH3 is 1. The zero-order chi connectivity index (χ0) is 24.6. The van der Waals surface area contributed by atoms with Crippen LogP contribution in [0.2, 0.25) is 0 Å². The number of pyridine rings is 1. The zero-order valence-corrected chi connectivity index (χ0v) is 20.8. The second-order valence-electron chi connectivity index (χ2n) is 8.12. The molecule has 0 bridgehead atoms. The van der Waals surface area contributed by atoms with Crippen LogP contribution >= 0.6 is 11.8 Å². The number of imidazole rings is 1. The molecular formula is C27H28N4O3S. The van der Waals surface area contributed by atoms with Gasteiger partial charge in [0.05, 0.1) is 12.9 Å². The third-order valence-electron chi connectivity index (χ3n) is 5.29. The molecule has 0 aliphatic carbocycles. The maximum Gasteiger partial charge on any atom is 0.230 e. The van der Waals surface area contributed by atoms with Crippen LogP contribution < -0.4 is 14.8 Å². The summed E-state index contributed by atoms with van der Waals surface area (Å²) in [6.45, 7) is 4.96. The number of nitrogens with zero attached hydrogens (tertiary/aromatic N) is 3. The summed E-state index contributed by atoms with van der Waals surface area (Å²) in [5.74, 6) is 1.47. The SMILES string of the molecule is COc1cc(CNC(=O)CSc2nccn2-c2cc(C)cc(C)c2)ccc1OCc1ccncc1. The fraction of sp³-hybridized carbons (Fsp3) is 0.222. The average Bonchev–Trinajstić information content (AvgIpc) is 3.34. The van der Waals surface area contributed by atoms with Crippen molar-refractivity contribution in [3.63, 3.8) is 0 Å². The highest BCUT2D eigenvalue weighted by Crippen LogP contribution is 2.29. The Labute approximate surface area is 209 Å². The Balaban J connectivity index is 1.31. The molecule has 0 unspecified atom stereocenters. The number of carbonyl (C=O) groups excluding carboxylic acids is 1. The van der Waals surface area contributed by atoms with Gasteiger partial charge in [-0.25, -0.2) is 4.98 Å². The lowest BCUT2D eigenvalue weighted by Crippen LogP contribution is -2.24. The maximum absolute atomic E-state index is 12.5. The molecule has 1 amide bonds. The molecule has 4 rings (SSSR count). The largest absolute Gasteiger partial charge is 0.493 e. The lowest BCUT2D eigenvalue weighted by molar-refractivity contribution is -0.118. The summed E-state index contributed by atoms with van der Waals surface area (Å²) in [5, 5.41) is 3.75. The van der Waals surface area contributed by atoms with Gasteiger partial charge < -0.3 is 14.8 Å². The van der Waals surface area contributed by atoms with Crippen molar-refractivity contribution in [1.82, 2.24) is 19.9 Å². The summed E-state index contributed by atoms with van der Waals surface area (Å²) >= 11 is 1.41. The van der Waals surface area contributed by atoms with Gasteiger partial charge in [0.2, 0.25) is 5.91 Å². The molecule has 0 radical (unpaired) electrons. The van der Waals surface area contributed by atoms with E-state index < -0.39 is 0 Å². The van der Waals surface area contributed by atoms with E-state index in [1.807, 2.05) is 41.1 Å². The maximum atomic E-state index is 12.5. The number of ether oxygens (including phenoxy) is 2. The molecule has 7 nitrogen and oxygen atoms in total. The Morgan fingerprint density at radius 2 is 1.74 bits per heavy atom. The Kier molecular flexibility index (Phi) is 8.05. The van der Waals surface area contributed by atoms with Gasteiger partial charge in [-0.1, -0.05) is 23.9 Å². The van der Waals surface area contributed by atoms with Gasteiger partial charge >= 0.3 is 0 Å². The highest BCUT2D eigenvalue weighted by molar-refractivity contribution is 7.99. The number of thioether (sulfide) groups is 1. The quantitative estimate of drug-likeness (QED) is 0.321. The predicted octanol–water partition coefficient (Wildman–Crippen LogP) is 4.88. The first-order valence-electron chi connectivity index (χ1n) is 11.2. The molecule has 0 aliphatic heterocycles. The summed E-state index contributed by atoms with van der Waals surface area (Å²) < 4.78 is 13.4. The van der Waals surface area contributed by atoms with Gasteiger partial charge in [-0.05, 0) is 72.5 Å². The second kappa shape index (κ2) is 11.6. The van der Waals surface area contributed by atoms with Crippen LogP contribution in [0.4, 0.5) is 0 Å². The number of hydrogen-bond donors (Lipinski definition) is 1. The van der Waals surface area contributed by atoms with E-state index in [0.29, 0.717) is 24.7 Å². The normalized spacial score (nSPS) is 10.7. The fourth-order valence-electron chi connectivity index (χ4n) is 3.65. The van der Waals surface area contributed by atoms with E-state index in [1.54, 1.807) is 25.7 Å². The van der Waals surface area contributed by atoms with Crippen LogP contribution in [0.25, 0.3) is 5.69 Å². The molecule has 2 aromatic heterocycles. The molecule has 1 N–H and O–H groups in total. The standard InChI is InChI=1S/C27H28N4O3S/c1-19-12-20(2)14-23(13-19)31-11-10-29-27(31)35-18-26(32)30-16-22-4-5-24(25(15-22)33-3)34-17-21-6-8-28-9-7-21/h4-15H,16-18H2,1-3H3,(H,30,32). The fourth-order valence-corrected chi connectivity index (χ4v) is 4.45. The lowest BCUT2D eigenvalue weighted by atomic mass is 10.1. The van der Waals surface area contributed by atoms with Crippen LogP contribution in [0, 0.1) is 13.8 Å². The number of nitrogens with one attached hydrogen (secondary N) is 1. The second-order valence-corrected chi connectivity index (χ2v) is 9.06. The van der Waals surface area contributed by atoms with Gasteiger partial charge in [-0.15, -0.1) is 0 Å². The van der Waals surface area contributed by atoms with E-state index in [2.05, 4.69) is 47.3 Å². The van der Waals surface area contributed by atoms with Crippen LogP contribution in [0.15, 0.2) is 78.5 Å². The van der Waals surface area contributed by atoms with E-state index in [1.165, 1.54) is 22.9 Å². The summed E-state index contributed by atoms with van der Waals surface area (Å²) in [6.07, 6.45) is 7.13. The summed E-state index contributed by atoms with van der Waals surface area (Å²) in [7, 11) is 1.60. The minimum atomic E-state index is -0.0676. The van der Waals surface area contributed by atoms with Crippen molar-refractivity contribution in [2.24, 2.45) is 0 Å². The van der Waals surface area contributed by atoms with E-state index in [9.17, 15) is 4.79 Å². The van der Waals surface area contributed by atoms with Gasteiger partial charge in [0.1, 0.15) is 6.61 Å². The van der Waals surface area contributed by atoms with Crippen molar-refractivity contribution >= 4 is 17.7 Å². The van der Waals surface area contributed by atoms with Gasteiger partial charge in [-0.2, -0.15) is 0 Å². The van der Waals surface area contributed by atoms with Crippen LogP contribution in [0.1, 0.15) is 22.3 Å². The molecule has 8 heteroatoms. The van der Waals surface area contributed by atoms with Gasteiger partial charge in [0.25, 0.3) is 0 Å². The third kappa shape index (κ3) is 6.64. The molecule has 4 aromatic rings. The van der Waals surface area contributed by atoms with Gasteiger partial charge in [0.15, 0.2) is 16.7 Å². The molecule has 180 valence electrons. The van der Waals surface area contributed by atoms with Gasteiger partial charge in [0, 0.05) is 37.0 Å². The van der Waals surface area contributed by atoms with Crippen molar-refractivity contribution in [2.75, 3.05) is 12.9 Å². The minimum Gasteiger partial charge on any atom is -0.493 e. The summed E-state index contributed by atoms with van der Waals surface area (Å²) in [4.78, 5) is 21.0. The Morgan fingerprint density at radius 3 is 2.49 bits per heavy atom. The highest BCUT2D eigenvalue weighted by atomic mass is 32.2. The minimum absolute atomic E-state index is 0.0676. The number of aromatic nitrogens is 3. The summed E-state index contributed by atoms with van der Waals surface area (Å²) in [6, 6.07) is 15.8. The first-order valence-corrected chi connectivity index (χ1v) is 12.2. The third-order valence-corrected chi connectivity index (χ3v) is 6.25. The first kappa shape index (κ1) is 24.3. The summed E-state index contributed by atoms with van der Waals surface area (Å²) in [5.41, 5.74) is 5.36. The highest BCUT2D eigenvalue weighted by Gasteiger charge is 2.11. The van der Waals surface area contributed by atoms with Gasteiger partial charge in [-0.3, -0.25) is 14.3 Å². The van der Waals surface area contributed by atoms with Crippen LogP contribution in [-0.2, 0) is 17.9 Å². The van der Waals surface area contributed by atoms with Crippen molar-refractivity contribution in [1.29, 1.82) is 0 Å². The van der Waals surface area contributed by atoms with Crippen molar-refractivity contribution in [3.05, 3.63) is 95.6 Å².